The highest BCUT2D eigenvalue weighted by atomic mass is 15.3. The third-order valence-corrected chi connectivity index (χ3v) is 4.30. The van der Waals surface area contributed by atoms with E-state index in [9.17, 15) is 0 Å². The van der Waals surface area contributed by atoms with E-state index in [0.717, 1.165) is 19.5 Å². The second kappa shape index (κ2) is 7.82. The van der Waals surface area contributed by atoms with Crippen LogP contribution >= 0.6 is 0 Å². The van der Waals surface area contributed by atoms with Gasteiger partial charge in [-0.25, -0.2) is 0 Å². The molecule has 1 aromatic rings. The summed E-state index contributed by atoms with van der Waals surface area (Å²) in [6, 6.07) is 2.63. The number of nitrogens with zero attached hydrogens (tertiary/aromatic N) is 2. The SMILES string of the molecule is CCC(CC)(CNCC(C)C)Cc1ccn(C(C)C)n1. The quantitative estimate of drug-likeness (QED) is 0.739. The lowest BCUT2D eigenvalue weighted by molar-refractivity contribution is 0.240. The second-order valence-corrected chi connectivity index (χ2v) is 6.79. The molecule has 1 N–H and O–H groups in total. The van der Waals surface area contributed by atoms with Crippen LogP contribution in [0.4, 0.5) is 0 Å². The van der Waals surface area contributed by atoms with Gasteiger partial charge in [0.1, 0.15) is 0 Å². The molecule has 1 heterocycles. The van der Waals surface area contributed by atoms with Gasteiger partial charge in [-0.1, -0.05) is 27.7 Å². The van der Waals surface area contributed by atoms with Crippen molar-refractivity contribution in [2.24, 2.45) is 11.3 Å². The van der Waals surface area contributed by atoms with E-state index in [2.05, 4.69) is 63.8 Å². The van der Waals surface area contributed by atoms with Crippen LogP contribution in [0.15, 0.2) is 12.3 Å². The van der Waals surface area contributed by atoms with Gasteiger partial charge in [-0.3, -0.25) is 4.68 Å². The largest absolute Gasteiger partial charge is 0.316 e. The van der Waals surface area contributed by atoms with Gasteiger partial charge in [-0.2, -0.15) is 5.10 Å². The Morgan fingerprint density at radius 2 is 1.85 bits per heavy atom. The molecule has 0 aliphatic heterocycles. The van der Waals surface area contributed by atoms with E-state index < -0.39 is 0 Å². The molecule has 0 saturated carbocycles. The molecule has 0 fully saturated rings. The van der Waals surface area contributed by atoms with Gasteiger partial charge in [0.25, 0.3) is 0 Å². The molecule has 0 aliphatic carbocycles. The summed E-state index contributed by atoms with van der Waals surface area (Å²) in [4.78, 5) is 0. The summed E-state index contributed by atoms with van der Waals surface area (Å²) in [7, 11) is 0. The van der Waals surface area contributed by atoms with E-state index >= 15 is 0 Å². The van der Waals surface area contributed by atoms with Gasteiger partial charge in [0.05, 0.1) is 5.69 Å². The standard InChI is InChI=1S/C17H33N3/c1-7-17(8-2,13-18-12-14(3)4)11-16-9-10-20(19-16)15(5)6/h9-10,14-15,18H,7-8,11-13H2,1-6H3. The Balaban J connectivity index is 2.68. The van der Waals surface area contributed by atoms with Crippen molar-refractivity contribution in [1.82, 2.24) is 15.1 Å². The second-order valence-electron chi connectivity index (χ2n) is 6.79. The Hall–Kier alpha value is -0.830. The number of aromatic nitrogens is 2. The molecule has 0 atom stereocenters. The summed E-state index contributed by atoms with van der Waals surface area (Å²) in [6.45, 7) is 15.7. The maximum Gasteiger partial charge on any atom is 0.0630 e. The van der Waals surface area contributed by atoms with Crippen LogP contribution in [0.25, 0.3) is 0 Å². The monoisotopic (exact) mass is 279 g/mol. The number of hydrogen-bond acceptors (Lipinski definition) is 2. The molecule has 1 aromatic heterocycles. The van der Waals surface area contributed by atoms with Gasteiger partial charge >= 0.3 is 0 Å². The topological polar surface area (TPSA) is 29.9 Å². The molecule has 20 heavy (non-hydrogen) atoms. The number of nitrogens with one attached hydrogen (secondary N) is 1. The van der Waals surface area contributed by atoms with Gasteiger partial charge in [-0.15, -0.1) is 0 Å². The van der Waals surface area contributed by atoms with Crippen molar-refractivity contribution in [3.63, 3.8) is 0 Å². The summed E-state index contributed by atoms with van der Waals surface area (Å²) in [5.41, 5.74) is 1.57. The molecule has 0 spiro atoms. The van der Waals surface area contributed by atoms with Gasteiger partial charge in [0.2, 0.25) is 0 Å². The van der Waals surface area contributed by atoms with Crippen LogP contribution in [-0.4, -0.2) is 22.9 Å². The van der Waals surface area contributed by atoms with Crippen molar-refractivity contribution in [2.45, 2.75) is 66.8 Å². The van der Waals surface area contributed by atoms with Crippen LogP contribution in [0.1, 0.15) is 66.1 Å². The van der Waals surface area contributed by atoms with Crippen LogP contribution in [0.5, 0.6) is 0 Å². The highest BCUT2D eigenvalue weighted by Crippen LogP contribution is 2.30. The molecule has 0 aromatic carbocycles. The summed E-state index contributed by atoms with van der Waals surface area (Å²) >= 11 is 0. The minimum absolute atomic E-state index is 0.338. The molecule has 1 rings (SSSR count). The first-order chi connectivity index (χ1) is 9.42. The van der Waals surface area contributed by atoms with Crippen molar-refractivity contribution in [1.29, 1.82) is 0 Å². The summed E-state index contributed by atoms with van der Waals surface area (Å²) in [6.07, 6.45) is 5.58. The molecule has 3 nitrogen and oxygen atoms in total. The molecular formula is C17H33N3. The molecule has 0 aliphatic rings. The maximum atomic E-state index is 4.72. The zero-order valence-electron chi connectivity index (χ0n) is 14.2. The fourth-order valence-electron chi connectivity index (χ4n) is 2.58. The van der Waals surface area contributed by atoms with Crippen molar-refractivity contribution < 1.29 is 0 Å². The zero-order chi connectivity index (χ0) is 15.2. The molecule has 0 unspecified atom stereocenters. The molecule has 0 amide bonds. The maximum absolute atomic E-state index is 4.72. The predicted octanol–water partition coefficient (Wildman–Crippen LogP) is 4.06. The predicted molar refractivity (Wildman–Crippen MR) is 87.0 cm³/mol. The lowest BCUT2D eigenvalue weighted by atomic mass is 9.78. The van der Waals surface area contributed by atoms with E-state index in [-0.39, 0.29) is 0 Å². The molecule has 0 bridgehead atoms. The Morgan fingerprint density at radius 1 is 1.20 bits per heavy atom. The molecule has 116 valence electrons. The van der Waals surface area contributed by atoms with Gasteiger partial charge in [-0.05, 0) is 57.1 Å². The van der Waals surface area contributed by atoms with Gasteiger partial charge < -0.3 is 5.32 Å². The van der Waals surface area contributed by atoms with Crippen molar-refractivity contribution in [3.05, 3.63) is 18.0 Å². The van der Waals surface area contributed by atoms with Crippen LogP contribution < -0.4 is 5.32 Å². The molecule has 0 radical (unpaired) electrons. The fourth-order valence-corrected chi connectivity index (χ4v) is 2.58. The van der Waals surface area contributed by atoms with Crippen molar-refractivity contribution in [3.8, 4) is 0 Å². The Labute approximate surface area is 125 Å². The molecule has 3 heteroatoms. The fraction of sp³-hybridized carbons (Fsp3) is 0.824. The first-order valence-electron chi connectivity index (χ1n) is 8.17. The zero-order valence-corrected chi connectivity index (χ0v) is 14.2. The number of rotatable bonds is 9. The van der Waals surface area contributed by atoms with Crippen LogP contribution in [-0.2, 0) is 6.42 Å². The highest BCUT2D eigenvalue weighted by Gasteiger charge is 2.27. The highest BCUT2D eigenvalue weighted by molar-refractivity contribution is 5.04. The average molecular weight is 279 g/mol. The van der Waals surface area contributed by atoms with Gasteiger partial charge in [0.15, 0.2) is 0 Å². The smallest absolute Gasteiger partial charge is 0.0630 e. The Bertz CT molecular complexity index is 375. The van der Waals surface area contributed by atoms with E-state index in [1.807, 2.05) is 0 Å². The van der Waals surface area contributed by atoms with Crippen molar-refractivity contribution in [2.75, 3.05) is 13.1 Å². The van der Waals surface area contributed by atoms with E-state index in [0.29, 0.717) is 17.4 Å². The van der Waals surface area contributed by atoms with E-state index in [1.165, 1.54) is 18.5 Å². The van der Waals surface area contributed by atoms with E-state index in [4.69, 9.17) is 5.10 Å². The minimum atomic E-state index is 0.338. The third kappa shape index (κ3) is 4.93. The van der Waals surface area contributed by atoms with Crippen LogP contribution in [0.3, 0.4) is 0 Å². The molecule has 0 saturated heterocycles. The first kappa shape index (κ1) is 17.2. The normalized spacial score (nSPS) is 12.6. The Morgan fingerprint density at radius 3 is 2.30 bits per heavy atom. The minimum Gasteiger partial charge on any atom is -0.316 e. The van der Waals surface area contributed by atoms with Crippen molar-refractivity contribution >= 4 is 0 Å². The summed E-state index contributed by atoms with van der Waals surface area (Å²) in [5.74, 6) is 0.710. The third-order valence-electron chi connectivity index (χ3n) is 4.30. The first-order valence-corrected chi connectivity index (χ1v) is 8.17. The summed E-state index contributed by atoms with van der Waals surface area (Å²) in [5, 5.41) is 8.37. The number of hydrogen-bond donors (Lipinski definition) is 1. The van der Waals surface area contributed by atoms with Gasteiger partial charge in [0, 0.05) is 18.8 Å². The van der Waals surface area contributed by atoms with Crippen LogP contribution in [0, 0.1) is 11.3 Å². The lowest BCUT2D eigenvalue weighted by Gasteiger charge is -2.32. The lowest BCUT2D eigenvalue weighted by Crippen LogP contribution is -2.37. The van der Waals surface area contributed by atoms with Crippen LogP contribution in [0.2, 0.25) is 0 Å². The van der Waals surface area contributed by atoms with E-state index in [1.54, 1.807) is 0 Å². The summed E-state index contributed by atoms with van der Waals surface area (Å²) < 4.78 is 2.06. The molecular weight excluding hydrogens is 246 g/mol. The Kier molecular flexibility index (Phi) is 6.74. The average Bonchev–Trinajstić information content (AvgIpc) is 2.85.